The molecule has 100 valence electrons. The summed E-state index contributed by atoms with van der Waals surface area (Å²) >= 11 is 0. The first-order chi connectivity index (χ1) is 8.58. The summed E-state index contributed by atoms with van der Waals surface area (Å²) in [5.41, 5.74) is 2.00. The Labute approximate surface area is 110 Å². The number of hydrogen-bond acceptors (Lipinski definition) is 3. The highest BCUT2D eigenvalue weighted by molar-refractivity contribution is 5.39. The molecule has 1 fully saturated rings. The summed E-state index contributed by atoms with van der Waals surface area (Å²) in [5.74, 6) is 0.456. The van der Waals surface area contributed by atoms with E-state index in [1.807, 2.05) is 25.1 Å². The third kappa shape index (κ3) is 3.03. The van der Waals surface area contributed by atoms with Crippen molar-refractivity contribution >= 4 is 0 Å². The molecule has 1 N–H and O–H groups in total. The van der Waals surface area contributed by atoms with Gasteiger partial charge in [-0.2, -0.15) is 0 Å². The molecule has 3 nitrogen and oxygen atoms in total. The third-order valence-electron chi connectivity index (χ3n) is 4.05. The van der Waals surface area contributed by atoms with Crippen molar-refractivity contribution in [1.29, 1.82) is 0 Å². The van der Waals surface area contributed by atoms with Crippen LogP contribution in [0.2, 0.25) is 0 Å². The van der Waals surface area contributed by atoms with E-state index in [9.17, 15) is 5.11 Å². The molecule has 0 bridgehead atoms. The number of aryl methyl sites for hydroxylation is 1. The maximum absolute atomic E-state index is 10.1. The van der Waals surface area contributed by atoms with E-state index in [1.54, 1.807) is 0 Å². The van der Waals surface area contributed by atoms with Gasteiger partial charge in [0.15, 0.2) is 0 Å². The lowest BCUT2D eigenvalue weighted by Gasteiger charge is -2.35. The van der Waals surface area contributed by atoms with Gasteiger partial charge in [-0.05, 0) is 52.5 Å². The first-order valence-electron chi connectivity index (χ1n) is 6.74. The van der Waals surface area contributed by atoms with Crippen LogP contribution in [0.4, 0.5) is 0 Å². The third-order valence-corrected chi connectivity index (χ3v) is 4.05. The molecule has 1 aliphatic heterocycles. The van der Waals surface area contributed by atoms with Crippen LogP contribution in [0.3, 0.4) is 0 Å². The van der Waals surface area contributed by atoms with E-state index in [4.69, 9.17) is 0 Å². The van der Waals surface area contributed by atoms with Crippen LogP contribution >= 0.6 is 0 Å². The number of aromatic hydroxyl groups is 1. The molecule has 1 heterocycles. The number of phenolic OH excluding ortho intramolecular Hbond substituents is 1. The normalized spacial score (nSPS) is 18.4. The monoisotopic (exact) mass is 248 g/mol. The van der Waals surface area contributed by atoms with Crippen LogP contribution in [0.1, 0.15) is 24.0 Å². The van der Waals surface area contributed by atoms with E-state index in [0.717, 1.165) is 17.7 Å². The largest absolute Gasteiger partial charge is 0.507 e. The van der Waals surface area contributed by atoms with Gasteiger partial charge in [-0.15, -0.1) is 0 Å². The van der Waals surface area contributed by atoms with Gasteiger partial charge >= 0.3 is 0 Å². The van der Waals surface area contributed by atoms with Crippen LogP contribution in [-0.2, 0) is 6.54 Å². The first kappa shape index (κ1) is 13.4. The zero-order valence-corrected chi connectivity index (χ0v) is 11.7. The molecule has 18 heavy (non-hydrogen) atoms. The molecule has 1 aromatic rings. The van der Waals surface area contributed by atoms with Gasteiger partial charge in [0.25, 0.3) is 0 Å². The lowest BCUT2D eigenvalue weighted by Crippen LogP contribution is -2.41. The summed E-state index contributed by atoms with van der Waals surface area (Å²) in [4.78, 5) is 4.76. The highest BCUT2D eigenvalue weighted by Gasteiger charge is 2.21. The molecule has 0 aliphatic carbocycles. The molecule has 2 rings (SSSR count). The Hall–Kier alpha value is -1.06. The number of nitrogens with zero attached hydrogens (tertiary/aromatic N) is 2. The van der Waals surface area contributed by atoms with Crippen LogP contribution in [0.25, 0.3) is 0 Å². The van der Waals surface area contributed by atoms with Gasteiger partial charge in [-0.3, -0.25) is 4.90 Å². The van der Waals surface area contributed by atoms with Crippen molar-refractivity contribution < 1.29 is 5.11 Å². The number of para-hydroxylation sites is 1. The fraction of sp³-hybridized carbons (Fsp3) is 0.600. The maximum Gasteiger partial charge on any atom is 0.122 e. The molecule has 0 amide bonds. The van der Waals surface area contributed by atoms with Crippen molar-refractivity contribution in [1.82, 2.24) is 9.80 Å². The molecule has 0 spiro atoms. The minimum Gasteiger partial charge on any atom is -0.507 e. The Kier molecular flexibility index (Phi) is 4.25. The Morgan fingerprint density at radius 2 is 2.00 bits per heavy atom. The number of phenols is 1. The van der Waals surface area contributed by atoms with E-state index < -0.39 is 0 Å². The van der Waals surface area contributed by atoms with Crippen molar-refractivity contribution in [3.63, 3.8) is 0 Å². The summed E-state index contributed by atoms with van der Waals surface area (Å²) in [6.45, 7) is 5.14. The number of benzene rings is 1. The second kappa shape index (κ2) is 5.72. The van der Waals surface area contributed by atoms with Gasteiger partial charge in [0.05, 0.1) is 0 Å². The summed E-state index contributed by atoms with van der Waals surface area (Å²) in [5, 5.41) is 10.1. The van der Waals surface area contributed by atoms with Gasteiger partial charge in [-0.1, -0.05) is 18.2 Å². The van der Waals surface area contributed by atoms with Crippen LogP contribution in [0.5, 0.6) is 5.75 Å². The van der Waals surface area contributed by atoms with Crippen molar-refractivity contribution in [2.45, 2.75) is 32.4 Å². The second-order valence-electron chi connectivity index (χ2n) is 5.53. The van der Waals surface area contributed by atoms with Crippen molar-refractivity contribution in [3.8, 4) is 5.75 Å². The van der Waals surface area contributed by atoms with E-state index >= 15 is 0 Å². The van der Waals surface area contributed by atoms with E-state index in [0.29, 0.717) is 11.8 Å². The Morgan fingerprint density at radius 3 is 2.67 bits per heavy atom. The summed E-state index contributed by atoms with van der Waals surface area (Å²) in [6.07, 6.45) is 2.44. The average molecular weight is 248 g/mol. The van der Waals surface area contributed by atoms with E-state index in [-0.39, 0.29) is 0 Å². The standard InChI is InChI=1S/C15H24N2O/c1-12-5-4-6-13(15(12)18)11-17(3)14-7-9-16(2)10-8-14/h4-6,14,18H,7-11H2,1-3H3. The van der Waals surface area contributed by atoms with Crippen LogP contribution in [0, 0.1) is 6.92 Å². The predicted octanol–water partition coefficient (Wildman–Crippen LogP) is 2.23. The lowest BCUT2D eigenvalue weighted by atomic mass is 10.0. The smallest absolute Gasteiger partial charge is 0.122 e. The quantitative estimate of drug-likeness (QED) is 0.888. The molecule has 0 radical (unpaired) electrons. The molecule has 0 atom stereocenters. The molecule has 0 aromatic heterocycles. The highest BCUT2D eigenvalue weighted by atomic mass is 16.3. The minimum absolute atomic E-state index is 0.456. The maximum atomic E-state index is 10.1. The van der Waals surface area contributed by atoms with Gasteiger partial charge < -0.3 is 10.0 Å². The molecule has 0 saturated carbocycles. The Bertz CT molecular complexity index is 397. The molecule has 0 unspecified atom stereocenters. The summed E-state index contributed by atoms with van der Waals surface area (Å²) in [7, 11) is 4.35. The van der Waals surface area contributed by atoms with E-state index in [1.165, 1.54) is 25.9 Å². The summed E-state index contributed by atoms with van der Waals surface area (Å²) in [6, 6.07) is 6.64. The molecule has 1 aromatic carbocycles. The van der Waals surface area contributed by atoms with Gasteiger partial charge in [0.1, 0.15) is 5.75 Å². The molecule has 1 saturated heterocycles. The van der Waals surface area contributed by atoms with E-state index in [2.05, 4.69) is 23.9 Å². The first-order valence-corrected chi connectivity index (χ1v) is 6.74. The number of rotatable bonds is 3. The fourth-order valence-electron chi connectivity index (χ4n) is 2.68. The molecule has 1 aliphatic rings. The molecular weight excluding hydrogens is 224 g/mol. The van der Waals surface area contributed by atoms with Gasteiger partial charge in [0.2, 0.25) is 0 Å². The summed E-state index contributed by atoms with van der Waals surface area (Å²) < 4.78 is 0. The topological polar surface area (TPSA) is 26.7 Å². The fourth-order valence-corrected chi connectivity index (χ4v) is 2.68. The SMILES string of the molecule is Cc1cccc(CN(C)C2CCN(C)CC2)c1O. The Morgan fingerprint density at radius 1 is 1.33 bits per heavy atom. The highest BCUT2D eigenvalue weighted by Crippen LogP contribution is 2.24. The van der Waals surface area contributed by atoms with Crippen molar-refractivity contribution in [3.05, 3.63) is 29.3 Å². The number of hydrogen-bond donors (Lipinski definition) is 1. The molecular formula is C15H24N2O. The van der Waals surface area contributed by atoms with Crippen molar-refractivity contribution in [2.75, 3.05) is 27.2 Å². The zero-order chi connectivity index (χ0) is 13.1. The van der Waals surface area contributed by atoms with Gasteiger partial charge in [0, 0.05) is 18.2 Å². The van der Waals surface area contributed by atoms with Crippen LogP contribution < -0.4 is 0 Å². The minimum atomic E-state index is 0.456. The predicted molar refractivity (Wildman–Crippen MR) is 74.8 cm³/mol. The van der Waals surface area contributed by atoms with Crippen LogP contribution in [0.15, 0.2) is 18.2 Å². The molecule has 3 heteroatoms. The second-order valence-corrected chi connectivity index (χ2v) is 5.53. The van der Waals surface area contributed by atoms with Gasteiger partial charge in [-0.25, -0.2) is 0 Å². The lowest BCUT2D eigenvalue weighted by molar-refractivity contribution is 0.138. The zero-order valence-electron chi connectivity index (χ0n) is 11.7. The Balaban J connectivity index is 1.98. The number of piperidine rings is 1. The average Bonchev–Trinajstić information content (AvgIpc) is 2.36. The number of likely N-dealkylation sites (tertiary alicyclic amines) is 1. The van der Waals surface area contributed by atoms with Crippen molar-refractivity contribution in [2.24, 2.45) is 0 Å². The van der Waals surface area contributed by atoms with Crippen LogP contribution in [-0.4, -0.2) is 48.1 Å².